The molecule has 1 aromatic carbocycles. The smallest absolute Gasteiger partial charge is 0.376 e. The molecule has 2 aliphatic carbocycles. The molecule has 0 saturated carbocycles. The first-order valence-electron chi connectivity index (χ1n) is 10.6. The lowest BCUT2D eigenvalue weighted by molar-refractivity contribution is -0.278. The molecule has 1 aromatic rings. The van der Waals surface area contributed by atoms with Gasteiger partial charge in [0.25, 0.3) is 5.91 Å². The van der Waals surface area contributed by atoms with E-state index in [1.807, 2.05) is 4.90 Å². The standard InChI is InChI=1S/C23H23F3N2O3/c24-23(25,26)22(31)18-6-2-1-5-16(18)17-8-7-14(11-19(17)22)20(29)28-12-15(13-28)21(30)27-9-3-4-10-27/h1-2,5-8,11,15-16,18,31H,3-4,9-10,12-13H2. The van der Waals surface area contributed by atoms with Crippen molar-refractivity contribution in [2.45, 2.75) is 30.5 Å². The molecule has 8 heteroatoms. The van der Waals surface area contributed by atoms with Crippen molar-refractivity contribution in [1.82, 2.24) is 9.80 Å². The summed E-state index contributed by atoms with van der Waals surface area (Å²) in [5.41, 5.74) is -2.83. The van der Waals surface area contributed by atoms with Crippen molar-refractivity contribution in [2.75, 3.05) is 26.2 Å². The molecule has 31 heavy (non-hydrogen) atoms. The second-order valence-corrected chi connectivity index (χ2v) is 8.83. The molecule has 0 aromatic heterocycles. The molecule has 2 heterocycles. The fourth-order valence-electron chi connectivity index (χ4n) is 5.31. The van der Waals surface area contributed by atoms with Crippen LogP contribution in [0.1, 0.15) is 40.2 Å². The highest BCUT2D eigenvalue weighted by Gasteiger charge is 2.65. The van der Waals surface area contributed by atoms with Gasteiger partial charge in [-0.05, 0) is 36.1 Å². The van der Waals surface area contributed by atoms with Gasteiger partial charge in [0.2, 0.25) is 5.91 Å². The number of carbonyl (C=O) groups is 2. The molecule has 5 nitrogen and oxygen atoms in total. The van der Waals surface area contributed by atoms with Crippen molar-refractivity contribution >= 4 is 11.8 Å². The topological polar surface area (TPSA) is 60.9 Å². The molecular weight excluding hydrogens is 409 g/mol. The van der Waals surface area contributed by atoms with Crippen LogP contribution in [0.2, 0.25) is 0 Å². The number of benzene rings is 1. The third-order valence-electron chi connectivity index (χ3n) is 7.06. The molecule has 4 aliphatic rings. The first-order chi connectivity index (χ1) is 14.7. The number of carbonyl (C=O) groups excluding carboxylic acids is 2. The molecule has 164 valence electrons. The fraction of sp³-hybridized carbons (Fsp3) is 0.478. The molecule has 5 rings (SSSR count). The van der Waals surface area contributed by atoms with Crippen LogP contribution in [0.5, 0.6) is 0 Å². The summed E-state index contributed by atoms with van der Waals surface area (Å²) in [6.45, 7) is 2.03. The average Bonchev–Trinajstić information content (AvgIpc) is 3.33. The Hall–Kier alpha value is -2.61. The zero-order chi connectivity index (χ0) is 22.0. The Bertz CT molecular complexity index is 990. The van der Waals surface area contributed by atoms with Crippen LogP contribution in [0.25, 0.3) is 0 Å². The van der Waals surface area contributed by atoms with Crippen LogP contribution in [-0.2, 0) is 10.4 Å². The first kappa shape index (κ1) is 20.3. The van der Waals surface area contributed by atoms with Gasteiger partial charge < -0.3 is 14.9 Å². The lowest BCUT2D eigenvalue weighted by atomic mass is 9.80. The molecule has 2 fully saturated rings. The zero-order valence-electron chi connectivity index (χ0n) is 16.8. The van der Waals surface area contributed by atoms with Crippen molar-refractivity contribution in [3.63, 3.8) is 0 Å². The molecule has 0 bridgehead atoms. The van der Waals surface area contributed by atoms with Crippen LogP contribution in [0.3, 0.4) is 0 Å². The monoisotopic (exact) mass is 432 g/mol. The molecule has 0 spiro atoms. The van der Waals surface area contributed by atoms with Crippen LogP contribution < -0.4 is 0 Å². The van der Waals surface area contributed by atoms with Gasteiger partial charge in [-0.1, -0.05) is 30.4 Å². The van der Waals surface area contributed by atoms with E-state index in [0.29, 0.717) is 5.56 Å². The highest BCUT2D eigenvalue weighted by molar-refractivity contribution is 5.96. The number of hydrogen-bond acceptors (Lipinski definition) is 3. The maximum absolute atomic E-state index is 14.0. The van der Waals surface area contributed by atoms with Crippen LogP contribution in [0.15, 0.2) is 42.5 Å². The first-order valence-corrected chi connectivity index (χ1v) is 10.6. The Morgan fingerprint density at radius 2 is 1.71 bits per heavy atom. The highest BCUT2D eigenvalue weighted by atomic mass is 19.4. The summed E-state index contributed by atoms with van der Waals surface area (Å²) in [4.78, 5) is 28.6. The molecule has 2 amide bonds. The highest BCUT2D eigenvalue weighted by Crippen LogP contribution is 2.58. The van der Waals surface area contributed by atoms with Gasteiger partial charge in [0, 0.05) is 43.6 Å². The maximum atomic E-state index is 14.0. The van der Waals surface area contributed by atoms with E-state index in [9.17, 15) is 27.9 Å². The predicted molar refractivity (Wildman–Crippen MR) is 106 cm³/mol. The van der Waals surface area contributed by atoms with Crippen LogP contribution in [-0.4, -0.2) is 59.1 Å². The van der Waals surface area contributed by atoms with Crippen molar-refractivity contribution in [3.05, 3.63) is 59.2 Å². The predicted octanol–water partition coefficient (Wildman–Crippen LogP) is 2.97. The molecule has 2 saturated heterocycles. The Labute approximate surface area is 177 Å². The van der Waals surface area contributed by atoms with Gasteiger partial charge in [-0.2, -0.15) is 13.2 Å². The number of hydrogen-bond donors (Lipinski definition) is 1. The number of halogens is 3. The van der Waals surface area contributed by atoms with Gasteiger partial charge in [-0.15, -0.1) is 0 Å². The SMILES string of the molecule is O=C(c1ccc2c(c1)C(O)(C(F)(F)F)C1C=CC=CC21)N1CC(C(=O)N2CCCC2)C1. The summed E-state index contributed by atoms with van der Waals surface area (Å²) in [5, 5.41) is 10.8. The second-order valence-electron chi connectivity index (χ2n) is 8.83. The Morgan fingerprint density at radius 1 is 1.03 bits per heavy atom. The summed E-state index contributed by atoms with van der Waals surface area (Å²) in [6.07, 6.45) is 3.30. The summed E-state index contributed by atoms with van der Waals surface area (Å²) < 4.78 is 42.0. The number of fused-ring (bicyclic) bond motifs is 3. The van der Waals surface area contributed by atoms with E-state index in [1.54, 1.807) is 12.2 Å². The van der Waals surface area contributed by atoms with E-state index in [4.69, 9.17) is 0 Å². The van der Waals surface area contributed by atoms with E-state index in [1.165, 1.54) is 35.3 Å². The quantitative estimate of drug-likeness (QED) is 0.782. The number of rotatable bonds is 2. The van der Waals surface area contributed by atoms with Gasteiger partial charge in [0.1, 0.15) is 0 Å². The summed E-state index contributed by atoms with van der Waals surface area (Å²) in [7, 11) is 0. The third-order valence-corrected chi connectivity index (χ3v) is 7.06. The second kappa shape index (κ2) is 6.95. The normalized spacial score (nSPS) is 29.7. The minimum atomic E-state index is -4.89. The zero-order valence-corrected chi connectivity index (χ0v) is 16.8. The lowest BCUT2D eigenvalue weighted by Gasteiger charge is -2.40. The molecular formula is C23H23F3N2O3. The minimum Gasteiger partial charge on any atom is -0.376 e. The number of nitrogens with zero attached hydrogens (tertiary/aromatic N) is 2. The number of alkyl halides is 3. The summed E-state index contributed by atoms with van der Waals surface area (Å²) in [6, 6.07) is 4.21. The van der Waals surface area contributed by atoms with Crippen molar-refractivity contribution in [1.29, 1.82) is 0 Å². The fourth-order valence-corrected chi connectivity index (χ4v) is 5.31. The van der Waals surface area contributed by atoms with E-state index < -0.39 is 29.5 Å². The maximum Gasteiger partial charge on any atom is 0.422 e. The van der Waals surface area contributed by atoms with Gasteiger partial charge in [0.15, 0.2) is 5.60 Å². The average molecular weight is 432 g/mol. The summed E-state index contributed by atoms with van der Waals surface area (Å²) >= 11 is 0. The van der Waals surface area contributed by atoms with E-state index in [-0.39, 0.29) is 36.0 Å². The van der Waals surface area contributed by atoms with Gasteiger partial charge in [-0.3, -0.25) is 9.59 Å². The van der Waals surface area contributed by atoms with Gasteiger partial charge >= 0.3 is 6.18 Å². The van der Waals surface area contributed by atoms with E-state index in [2.05, 4.69) is 0 Å². The molecule has 3 unspecified atom stereocenters. The number of allylic oxidation sites excluding steroid dienone is 3. The number of likely N-dealkylation sites (tertiary alicyclic amines) is 2. The van der Waals surface area contributed by atoms with Crippen molar-refractivity contribution in [2.24, 2.45) is 11.8 Å². The van der Waals surface area contributed by atoms with Gasteiger partial charge in [-0.25, -0.2) is 0 Å². The lowest BCUT2D eigenvalue weighted by Crippen LogP contribution is -2.56. The minimum absolute atomic E-state index is 0.0459. The largest absolute Gasteiger partial charge is 0.422 e. The molecule has 2 aliphatic heterocycles. The van der Waals surface area contributed by atoms with Crippen LogP contribution in [0.4, 0.5) is 13.2 Å². The molecule has 0 radical (unpaired) electrons. The molecule has 3 atom stereocenters. The van der Waals surface area contributed by atoms with Crippen LogP contribution >= 0.6 is 0 Å². The molecule has 1 N–H and O–H groups in total. The van der Waals surface area contributed by atoms with E-state index in [0.717, 1.165) is 25.9 Å². The van der Waals surface area contributed by atoms with E-state index >= 15 is 0 Å². The van der Waals surface area contributed by atoms with Gasteiger partial charge in [0.05, 0.1) is 5.92 Å². The Kier molecular flexibility index (Phi) is 4.55. The summed E-state index contributed by atoms with van der Waals surface area (Å²) in [5.74, 6) is -2.38. The Balaban J connectivity index is 1.39. The third kappa shape index (κ3) is 2.95. The number of amides is 2. The van der Waals surface area contributed by atoms with Crippen molar-refractivity contribution < 1.29 is 27.9 Å². The van der Waals surface area contributed by atoms with Crippen molar-refractivity contribution in [3.8, 4) is 0 Å². The Morgan fingerprint density at radius 3 is 2.39 bits per heavy atom. The number of aliphatic hydroxyl groups is 1. The van der Waals surface area contributed by atoms with Crippen LogP contribution in [0, 0.1) is 11.8 Å².